The molecule has 0 bridgehead atoms. The molecule has 0 atom stereocenters. The zero-order valence-corrected chi connectivity index (χ0v) is 8.06. The molecule has 0 aliphatic carbocycles. The summed E-state index contributed by atoms with van der Waals surface area (Å²) in [4.78, 5) is 23.2. The Kier molecular flexibility index (Phi) is 3.19. The Bertz CT molecular complexity index is 327. The first-order valence-corrected chi connectivity index (χ1v) is 4.72. The molecule has 0 saturated carbocycles. The lowest BCUT2D eigenvalue weighted by atomic mass is 10.2. The van der Waals surface area contributed by atoms with E-state index in [1.165, 1.54) is 11.3 Å². The first-order chi connectivity index (χ1) is 6.09. The Balaban J connectivity index is 2.54. The van der Waals surface area contributed by atoms with Gasteiger partial charge < -0.3 is 5.11 Å². The fraction of sp³-hybridized carbons (Fsp3) is 0.333. The van der Waals surface area contributed by atoms with Crippen LogP contribution in [0.15, 0.2) is 12.1 Å². The Labute approximate surface area is 80.0 Å². The van der Waals surface area contributed by atoms with Gasteiger partial charge in [0.05, 0.1) is 11.3 Å². The summed E-state index contributed by atoms with van der Waals surface area (Å²) in [5.74, 6) is -1.01. The number of aryl methyl sites for hydroxylation is 1. The molecule has 0 amide bonds. The smallest absolute Gasteiger partial charge is 0.303 e. The van der Waals surface area contributed by atoms with Crippen LogP contribution in [0.3, 0.4) is 0 Å². The fourth-order valence-corrected chi connectivity index (χ4v) is 1.76. The van der Waals surface area contributed by atoms with E-state index in [2.05, 4.69) is 0 Å². The first kappa shape index (κ1) is 9.92. The maximum absolute atomic E-state index is 11.3. The molecular formula is C9H10O3S. The number of hydrogen-bond acceptors (Lipinski definition) is 3. The second-order valence-electron chi connectivity index (χ2n) is 2.73. The molecule has 0 unspecified atom stereocenters. The number of carbonyl (C=O) groups excluding carboxylic acids is 1. The number of carbonyl (C=O) groups is 2. The number of thiophene rings is 1. The minimum Gasteiger partial charge on any atom is -0.481 e. The molecule has 0 aromatic carbocycles. The highest BCUT2D eigenvalue weighted by molar-refractivity contribution is 7.14. The second-order valence-corrected chi connectivity index (χ2v) is 4.02. The molecule has 0 aliphatic heterocycles. The lowest BCUT2D eigenvalue weighted by molar-refractivity contribution is -0.136. The van der Waals surface area contributed by atoms with Gasteiger partial charge in [-0.15, -0.1) is 11.3 Å². The van der Waals surface area contributed by atoms with Gasteiger partial charge in [0.2, 0.25) is 0 Å². The number of carboxylic acid groups (broad SMARTS) is 1. The molecule has 1 heterocycles. The average Bonchev–Trinajstić information content (AvgIpc) is 2.47. The number of ketones is 1. The van der Waals surface area contributed by atoms with E-state index in [1.54, 1.807) is 6.07 Å². The highest BCUT2D eigenvalue weighted by atomic mass is 32.1. The van der Waals surface area contributed by atoms with Crippen LogP contribution in [0, 0.1) is 6.92 Å². The standard InChI is InChI=1S/C9H10O3S/c1-6-2-4-8(13-6)7(10)3-5-9(11)12/h2,4H,3,5H2,1H3,(H,11,12). The number of rotatable bonds is 4. The van der Waals surface area contributed by atoms with Gasteiger partial charge in [0.15, 0.2) is 5.78 Å². The van der Waals surface area contributed by atoms with Crippen LogP contribution >= 0.6 is 11.3 Å². The fourth-order valence-electron chi connectivity index (χ4n) is 0.928. The van der Waals surface area contributed by atoms with Crippen molar-refractivity contribution in [3.63, 3.8) is 0 Å². The number of Topliss-reactive ketones (excluding diaryl/α,β-unsaturated/α-hetero) is 1. The molecule has 1 aromatic rings. The predicted octanol–water partition coefficient (Wildman–Crippen LogP) is 2.10. The lowest BCUT2D eigenvalue weighted by Gasteiger charge is -1.93. The summed E-state index contributed by atoms with van der Waals surface area (Å²) in [6, 6.07) is 3.60. The second kappa shape index (κ2) is 4.18. The van der Waals surface area contributed by atoms with E-state index < -0.39 is 5.97 Å². The molecule has 4 heteroatoms. The third-order valence-electron chi connectivity index (χ3n) is 1.58. The molecule has 13 heavy (non-hydrogen) atoms. The van der Waals surface area contributed by atoms with Crippen molar-refractivity contribution in [1.82, 2.24) is 0 Å². The van der Waals surface area contributed by atoms with Gasteiger partial charge in [-0.1, -0.05) is 0 Å². The Morgan fingerprint density at radius 1 is 1.38 bits per heavy atom. The largest absolute Gasteiger partial charge is 0.481 e. The van der Waals surface area contributed by atoms with Gasteiger partial charge in [-0.2, -0.15) is 0 Å². The van der Waals surface area contributed by atoms with Crippen LogP contribution in [-0.4, -0.2) is 16.9 Å². The van der Waals surface area contributed by atoms with Crippen molar-refractivity contribution in [2.45, 2.75) is 19.8 Å². The molecule has 0 spiro atoms. The SMILES string of the molecule is Cc1ccc(C(=O)CCC(=O)O)s1. The van der Waals surface area contributed by atoms with Crippen LogP contribution in [0.5, 0.6) is 0 Å². The van der Waals surface area contributed by atoms with Gasteiger partial charge in [0.25, 0.3) is 0 Å². The van der Waals surface area contributed by atoms with Crippen molar-refractivity contribution < 1.29 is 14.7 Å². The Hall–Kier alpha value is -1.16. The molecule has 0 aliphatic rings. The van der Waals surface area contributed by atoms with E-state index in [-0.39, 0.29) is 18.6 Å². The van der Waals surface area contributed by atoms with Crippen LogP contribution in [0.4, 0.5) is 0 Å². The molecule has 0 radical (unpaired) electrons. The zero-order valence-electron chi connectivity index (χ0n) is 7.24. The van der Waals surface area contributed by atoms with E-state index in [4.69, 9.17) is 5.11 Å². The van der Waals surface area contributed by atoms with Crippen molar-refractivity contribution >= 4 is 23.1 Å². The summed E-state index contributed by atoms with van der Waals surface area (Å²) in [7, 11) is 0. The predicted molar refractivity (Wildman–Crippen MR) is 50.3 cm³/mol. The quantitative estimate of drug-likeness (QED) is 0.754. The minimum atomic E-state index is -0.929. The molecule has 70 valence electrons. The summed E-state index contributed by atoms with van der Waals surface area (Å²) in [5.41, 5.74) is 0. The molecule has 1 aromatic heterocycles. The lowest BCUT2D eigenvalue weighted by Crippen LogP contribution is -2.01. The number of aliphatic carboxylic acids is 1. The van der Waals surface area contributed by atoms with Crippen molar-refractivity contribution in [2.75, 3.05) is 0 Å². The summed E-state index contributed by atoms with van der Waals surface area (Å²) in [6.45, 7) is 1.92. The van der Waals surface area contributed by atoms with Gasteiger partial charge in [0, 0.05) is 11.3 Å². The van der Waals surface area contributed by atoms with Gasteiger partial charge in [-0.3, -0.25) is 9.59 Å². The maximum atomic E-state index is 11.3. The van der Waals surface area contributed by atoms with E-state index >= 15 is 0 Å². The number of carboxylic acids is 1. The highest BCUT2D eigenvalue weighted by Crippen LogP contribution is 2.17. The van der Waals surface area contributed by atoms with E-state index in [0.29, 0.717) is 4.88 Å². The van der Waals surface area contributed by atoms with Crippen LogP contribution in [0.25, 0.3) is 0 Å². The monoisotopic (exact) mass is 198 g/mol. The van der Waals surface area contributed by atoms with Gasteiger partial charge >= 0.3 is 5.97 Å². The molecule has 0 fully saturated rings. The molecule has 0 saturated heterocycles. The summed E-state index contributed by atoms with van der Waals surface area (Å²) < 4.78 is 0. The third-order valence-corrected chi connectivity index (χ3v) is 2.62. The van der Waals surface area contributed by atoms with Crippen LogP contribution in [0.2, 0.25) is 0 Å². The van der Waals surface area contributed by atoms with E-state index in [9.17, 15) is 9.59 Å². The average molecular weight is 198 g/mol. The Morgan fingerprint density at radius 3 is 2.54 bits per heavy atom. The minimum absolute atomic E-state index is 0.0829. The van der Waals surface area contributed by atoms with Crippen molar-refractivity contribution in [1.29, 1.82) is 0 Å². The normalized spacial score (nSPS) is 9.92. The topological polar surface area (TPSA) is 54.4 Å². The molecule has 1 rings (SSSR count). The molecular weight excluding hydrogens is 188 g/mol. The van der Waals surface area contributed by atoms with Gasteiger partial charge in [-0.05, 0) is 19.1 Å². The highest BCUT2D eigenvalue weighted by Gasteiger charge is 2.09. The van der Waals surface area contributed by atoms with Crippen molar-refractivity contribution in [3.05, 3.63) is 21.9 Å². The van der Waals surface area contributed by atoms with Crippen molar-refractivity contribution in [2.24, 2.45) is 0 Å². The maximum Gasteiger partial charge on any atom is 0.303 e. The van der Waals surface area contributed by atoms with E-state index in [1.807, 2.05) is 13.0 Å². The van der Waals surface area contributed by atoms with Crippen LogP contribution in [-0.2, 0) is 4.79 Å². The van der Waals surface area contributed by atoms with Gasteiger partial charge in [0.1, 0.15) is 0 Å². The van der Waals surface area contributed by atoms with Gasteiger partial charge in [-0.25, -0.2) is 0 Å². The van der Waals surface area contributed by atoms with Crippen LogP contribution < -0.4 is 0 Å². The number of hydrogen-bond donors (Lipinski definition) is 1. The molecule has 3 nitrogen and oxygen atoms in total. The van der Waals surface area contributed by atoms with Crippen molar-refractivity contribution in [3.8, 4) is 0 Å². The zero-order chi connectivity index (χ0) is 9.84. The first-order valence-electron chi connectivity index (χ1n) is 3.91. The third kappa shape index (κ3) is 2.99. The molecule has 1 N–H and O–H groups in total. The van der Waals surface area contributed by atoms with E-state index in [0.717, 1.165) is 4.88 Å². The summed E-state index contributed by atoms with van der Waals surface area (Å²) >= 11 is 1.41. The summed E-state index contributed by atoms with van der Waals surface area (Å²) in [5, 5.41) is 8.37. The Morgan fingerprint density at radius 2 is 2.08 bits per heavy atom. The van der Waals surface area contributed by atoms with Crippen LogP contribution in [0.1, 0.15) is 27.4 Å². The summed E-state index contributed by atoms with van der Waals surface area (Å²) in [6.07, 6.45) is 0.00503.